The van der Waals surface area contributed by atoms with Gasteiger partial charge in [-0.3, -0.25) is 9.59 Å². The van der Waals surface area contributed by atoms with Gasteiger partial charge in [-0.2, -0.15) is 0 Å². The number of rotatable bonds is 4. The second-order valence-electron chi connectivity index (χ2n) is 4.38. The molecular formula is C13H13N3O4S. The summed E-state index contributed by atoms with van der Waals surface area (Å²) in [6.07, 6.45) is 2.74. The monoisotopic (exact) mass is 307 g/mol. The third-order valence-electron chi connectivity index (χ3n) is 2.65. The number of aromatic nitrogens is 1. The lowest BCUT2D eigenvalue weighted by Crippen LogP contribution is -2.20. The minimum atomic E-state index is -3.59. The van der Waals surface area contributed by atoms with E-state index in [0.29, 0.717) is 11.3 Å². The summed E-state index contributed by atoms with van der Waals surface area (Å²) >= 11 is 0. The van der Waals surface area contributed by atoms with E-state index >= 15 is 0 Å². The first-order valence-electron chi connectivity index (χ1n) is 5.93. The minimum Gasteiger partial charge on any atom is -0.367 e. The molecule has 0 unspecified atom stereocenters. The van der Waals surface area contributed by atoms with Gasteiger partial charge < -0.3 is 10.3 Å². The number of benzene rings is 1. The number of nitrogens with two attached hydrogens (primary N) is 1. The van der Waals surface area contributed by atoms with Gasteiger partial charge in [-0.25, -0.2) is 13.6 Å². The van der Waals surface area contributed by atoms with Crippen molar-refractivity contribution in [1.29, 1.82) is 0 Å². The van der Waals surface area contributed by atoms with Crippen molar-refractivity contribution >= 4 is 21.6 Å². The highest BCUT2D eigenvalue weighted by atomic mass is 32.2. The summed E-state index contributed by atoms with van der Waals surface area (Å²) in [6.45, 7) is 0. The summed E-state index contributed by atoms with van der Waals surface area (Å²) in [5.74, 6) is -0.824. The molecule has 1 aromatic carbocycles. The summed E-state index contributed by atoms with van der Waals surface area (Å²) in [7, 11) is -3.59. The van der Waals surface area contributed by atoms with E-state index in [1.54, 1.807) is 0 Å². The van der Waals surface area contributed by atoms with E-state index in [0.717, 1.165) is 0 Å². The molecule has 7 nitrogen and oxygen atoms in total. The average Bonchev–Trinajstić information content (AvgIpc) is 2.40. The predicted molar refractivity (Wildman–Crippen MR) is 78.3 cm³/mol. The third kappa shape index (κ3) is 4.26. The highest BCUT2D eigenvalue weighted by molar-refractivity contribution is 7.88. The smallest absolute Gasteiger partial charge is 0.261 e. The maximum atomic E-state index is 11.9. The molecule has 1 aromatic heterocycles. The maximum absolute atomic E-state index is 11.9. The number of anilines is 1. The fraction of sp³-hybridized carbons (Fsp3) is 0.0769. The molecule has 110 valence electrons. The normalized spacial score (nSPS) is 11.1. The van der Waals surface area contributed by atoms with Gasteiger partial charge in [0.2, 0.25) is 10.0 Å². The van der Waals surface area contributed by atoms with Gasteiger partial charge in [-0.05, 0) is 17.7 Å². The van der Waals surface area contributed by atoms with E-state index in [1.165, 1.54) is 42.7 Å². The van der Waals surface area contributed by atoms with Crippen LogP contribution in [0.5, 0.6) is 0 Å². The van der Waals surface area contributed by atoms with Crippen molar-refractivity contribution in [3.63, 3.8) is 0 Å². The average molecular weight is 307 g/mol. The van der Waals surface area contributed by atoms with E-state index in [-0.39, 0.29) is 11.3 Å². The molecule has 8 heteroatoms. The first-order chi connectivity index (χ1) is 9.85. The molecule has 0 aliphatic heterocycles. The number of aromatic amines is 1. The predicted octanol–water partition coefficient (Wildman–Crippen LogP) is 0.416. The van der Waals surface area contributed by atoms with Crippen molar-refractivity contribution in [2.75, 3.05) is 5.32 Å². The van der Waals surface area contributed by atoms with Crippen molar-refractivity contribution in [2.24, 2.45) is 5.14 Å². The molecule has 1 amide bonds. The van der Waals surface area contributed by atoms with Crippen LogP contribution in [-0.2, 0) is 15.8 Å². The molecule has 0 fully saturated rings. The van der Waals surface area contributed by atoms with Gasteiger partial charge in [0.25, 0.3) is 5.91 Å². The van der Waals surface area contributed by atoms with Crippen LogP contribution >= 0.6 is 0 Å². The van der Waals surface area contributed by atoms with Gasteiger partial charge >= 0.3 is 0 Å². The number of pyridine rings is 1. The molecule has 0 atom stereocenters. The van der Waals surface area contributed by atoms with Gasteiger partial charge in [-0.15, -0.1) is 0 Å². The maximum Gasteiger partial charge on any atom is 0.261 e. The molecular weight excluding hydrogens is 294 g/mol. The van der Waals surface area contributed by atoms with E-state index in [4.69, 9.17) is 5.14 Å². The molecule has 0 radical (unpaired) electrons. The van der Waals surface area contributed by atoms with Gasteiger partial charge in [0.15, 0.2) is 5.43 Å². The highest BCUT2D eigenvalue weighted by Crippen LogP contribution is 2.12. The number of nitrogens with one attached hydrogen (secondary N) is 2. The lowest BCUT2D eigenvalue weighted by Gasteiger charge is -2.06. The van der Waals surface area contributed by atoms with Crippen molar-refractivity contribution in [2.45, 2.75) is 5.75 Å². The first kappa shape index (κ1) is 14.9. The molecule has 2 rings (SSSR count). The van der Waals surface area contributed by atoms with Crippen LogP contribution in [0.3, 0.4) is 0 Å². The van der Waals surface area contributed by atoms with E-state index in [2.05, 4.69) is 10.3 Å². The Hall–Kier alpha value is -2.45. The molecule has 0 saturated heterocycles. The van der Waals surface area contributed by atoms with Gasteiger partial charge in [0.1, 0.15) is 5.56 Å². The van der Waals surface area contributed by atoms with Gasteiger partial charge in [0.05, 0.1) is 5.75 Å². The van der Waals surface area contributed by atoms with Crippen LogP contribution in [0.1, 0.15) is 15.9 Å². The highest BCUT2D eigenvalue weighted by Gasteiger charge is 2.10. The van der Waals surface area contributed by atoms with Gasteiger partial charge in [-0.1, -0.05) is 12.1 Å². The SMILES string of the molecule is NS(=O)(=O)Cc1ccc(NC(=O)c2c[nH]ccc2=O)cc1. The van der Waals surface area contributed by atoms with Crippen LogP contribution in [-0.4, -0.2) is 19.3 Å². The number of primary sulfonamides is 1. The summed E-state index contributed by atoms with van der Waals surface area (Å²) in [5, 5.41) is 7.49. The zero-order valence-corrected chi connectivity index (χ0v) is 11.7. The molecule has 0 saturated carbocycles. The van der Waals surface area contributed by atoms with Crippen molar-refractivity contribution in [3.8, 4) is 0 Å². The molecule has 0 aliphatic rings. The van der Waals surface area contributed by atoms with Crippen LogP contribution in [0.2, 0.25) is 0 Å². The van der Waals surface area contributed by atoms with Crippen LogP contribution in [0, 0.1) is 0 Å². The number of sulfonamides is 1. The Balaban J connectivity index is 2.12. The number of amides is 1. The Morgan fingerprint density at radius 2 is 1.86 bits per heavy atom. The summed E-state index contributed by atoms with van der Waals surface area (Å²) in [6, 6.07) is 7.40. The molecule has 0 bridgehead atoms. The summed E-state index contributed by atoms with van der Waals surface area (Å²) in [4.78, 5) is 26.1. The lowest BCUT2D eigenvalue weighted by molar-refractivity contribution is 0.102. The van der Waals surface area contributed by atoms with Crippen LogP contribution in [0.15, 0.2) is 47.5 Å². The molecule has 2 aromatic rings. The summed E-state index contributed by atoms with van der Waals surface area (Å²) in [5.41, 5.74) is 0.553. The molecule has 1 heterocycles. The molecule has 4 N–H and O–H groups in total. The third-order valence-corrected chi connectivity index (χ3v) is 3.38. The van der Waals surface area contributed by atoms with Crippen LogP contribution < -0.4 is 15.9 Å². The molecule has 0 spiro atoms. The second-order valence-corrected chi connectivity index (χ2v) is 5.99. The fourth-order valence-corrected chi connectivity index (χ4v) is 2.37. The number of hydrogen-bond acceptors (Lipinski definition) is 4. The zero-order chi connectivity index (χ0) is 15.5. The Morgan fingerprint density at radius 3 is 2.43 bits per heavy atom. The Bertz CT molecular complexity index is 810. The summed E-state index contributed by atoms with van der Waals surface area (Å²) < 4.78 is 21.9. The van der Waals surface area contributed by atoms with E-state index in [1.807, 2.05) is 0 Å². The van der Waals surface area contributed by atoms with Gasteiger partial charge in [0, 0.05) is 24.1 Å². The number of hydrogen-bond donors (Lipinski definition) is 3. The topological polar surface area (TPSA) is 122 Å². The van der Waals surface area contributed by atoms with Crippen LogP contribution in [0.25, 0.3) is 0 Å². The second kappa shape index (κ2) is 5.90. The van der Waals surface area contributed by atoms with E-state index < -0.39 is 21.4 Å². The van der Waals surface area contributed by atoms with Crippen molar-refractivity contribution in [3.05, 3.63) is 64.1 Å². The lowest BCUT2D eigenvalue weighted by atomic mass is 10.2. The Kier molecular flexibility index (Phi) is 4.20. The Morgan fingerprint density at radius 1 is 1.19 bits per heavy atom. The van der Waals surface area contributed by atoms with Crippen molar-refractivity contribution in [1.82, 2.24) is 4.98 Å². The molecule has 21 heavy (non-hydrogen) atoms. The first-order valence-corrected chi connectivity index (χ1v) is 7.64. The number of carbonyl (C=O) groups is 1. The fourth-order valence-electron chi connectivity index (χ4n) is 1.71. The Labute approximate surface area is 120 Å². The van der Waals surface area contributed by atoms with E-state index in [9.17, 15) is 18.0 Å². The molecule has 0 aliphatic carbocycles. The standard InChI is InChI=1S/C13H13N3O4S/c14-21(19,20)8-9-1-3-10(4-2-9)16-13(18)11-7-15-6-5-12(11)17/h1-7H,8H2,(H,15,17)(H,16,18)(H2,14,19,20). The quantitative estimate of drug-likeness (QED) is 0.757. The largest absolute Gasteiger partial charge is 0.367 e. The number of H-pyrrole nitrogens is 1. The van der Waals surface area contributed by atoms with Crippen LogP contribution in [0.4, 0.5) is 5.69 Å². The zero-order valence-electron chi connectivity index (χ0n) is 10.9. The number of carbonyl (C=O) groups excluding carboxylic acids is 1. The van der Waals surface area contributed by atoms with Crippen molar-refractivity contribution < 1.29 is 13.2 Å². The minimum absolute atomic E-state index is 0.00823.